The van der Waals surface area contributed by atoms with Gasteiger partial charge >= 0.3 is 6.09 Å². The van der Waals surface area contributed by atoms with E-state index in [1.54, 1.807) is 28.9 Å². The zero-order valence-corrected chi connectivity index (χ0v) is 20.0. The number of nitrogens with one attached hydrogen (secondary N) is 2. The molecule has 2 aromatic heterocycles. The number of hydrogen-bond acceptors (Lipinski definition) is 7. The Bertz CT molecular complexity index is 1200. The van der Waals surface area contributed by atoms with Gasteiger partial charge in [-0.05, 0) is 51.8 Å². The molecule has 2 N–H and O–H groups in total. The first-order valence-corrected chi connectivity index (χ1v) is 11.0. The number of aromatic nitrogens is 4. The van der Waals surface area contributed by atoms with Gasteiger partial charge in [0.15, 0.2) is 5.65 Å². The van der Waals surface area contributed by atoms with Crippen LogP contribution in [-0.2, 0) is 11.8 Å². The number of benzene rings is 1. The quantitative estimate of drug-likeness (QED) is 0.545. The van der Waals surface area contributed by atoms with E-state index < -0.39 is 23.1 Å². The number of halogens is 2. The topological polar surface area (TPSA) is 97.2 Å². The molecule has 9 nitrogen and oxygen atoms in total. The van der Waals surface area contributed by atoms with Crippen molar-refractivity contribution in [2.45, 2.75) is 44.8 Å². The van der Waals surface area contributed by atoms with Gasteiger partial charge in [0.05, 0.1) is 22.1 Å². The molecule has 0 aliphatic heterocycles. The van der Waals surface area contributed by atoms with E-state index in [2.05, 4.69) is 25.7 Å². The van der Waals surface area contributed by atoms with Crippen molar-refractivity contribution in [3.05, 3.63) is 35.2 Å². The number of carbonyl (C=O) groups is 1. The fraction of sp³-hybridized carbons (Fsp3) is 0.455. The zero-order valence-electron chi connectivity index (χ0n) is 19.2. The lowest BCUT2D eigenvalue weighted by molar-refractivity contribution is 0.0500. The largest absolute Gasteiger partial charge is 0.444 e. The van der Waals surface area contributed by atoms with E-state index in [1.165, 1.54) is 12.1 Å². The van der Waals surface area contributed by atoms with Crippen molar-refractivity contribution in [3.8, 4) is 0 Å². The van der Waals surface area contributed by atoms with Gasteiger partial charge in [0, 0.05) is 26.3 Å². The van der Waals surface area contributed by atoms with Gasteiger partial charge in [-0.3, -0.25) is 4.68 Å². The summed E-state index contributed by atoms with van der Waals surface area (Å²) in [6.45, 7) is 5.93. The highest BCUT2D eigenvalue weighted by atomic mass is 35.5. The average molecular weight is 476 g/mol. The maximum atomic E-state index is 13.6. The number of alkyl carbamates (subject to hydrolysis) is 1. The van der Waals surface area contributed by atoms with Crippen molar-refractivity contribution >= 4 is 46.2 Å². The molecule has 33 heavy (non-hydrogen) atoms. The second-order valence-corrected chi connectivity index (χ2v) is 9.70. The van der Waals surface area contributed by atoms with Crippen molar-refractivity contribution in [1.29, 1.82) is 0 Å². The normalized spacial score (nSPS) is 14.8. The summed E-state index contributed by atoms with van der Waals surface area (Å²) in [5, 5.41) is 11.3. The van der Waals surface area contributed by atoms with Crippen LogP contribution < -0.4 is 15.5 Å². The standard InChI is InChI=1S/C22H27ClFN7O2/c1-21(2,3)33-20(32)29-22(8-9-22)12-25-19-27-17(14-11-26-31(5)18(14)28-19)30(4)13-6-7-16(24)15(23)10-13/h6-7,10-11H,8-9,12H2,1-5H3,(H,29,32)(H,25,27,28). The molecule has 0 atom stereocenters. The van der Waals surface area contributed by atoms with Crippen LogP contribution in [0.5, 0.6) is 0 Å². The molecule has 4 rings (SSSR count). The molecule has 0 saturated heterocycles. The number of hydrogen-bond donors (Lipinski definition) is 2. The smallest absolute Gasteiger partial charge is 0.408 e. The molecule has 0 bridgehead atoms. The Morgan fingerprint density at radius 1 is 1.33 bits per heavy atom. The number of carbonyl (C=O) groups excluding carboxylic acids is 1. The highest BCUT2D eigenvalue weighted by molar-refractivity contribution is 6.31. The summed E-state index contributed by atoms with van der Waals surface area (Å²) in [7, 11) is 3.61. The lowest BCUT2D eigenvalue weighted by Crippen LogP contribution is -2.44. The first-order valence-electron chi connectivity index (χ1n) is 10.6. The van der Waals surface area contributed by atoms with E-state index in [4.69, 9.17) is 16.3 Å². The number of rotatable bonds is 6. The van der Waals surface area contributed by atoms with Crippen molar-refractivity contribution in [2.24, 2.45) is 7.05 Å². The molecule has 2 heterocycles. The highest BCUT2D eigenvalue weighted by Crippen LogP contribution is 2.36. The summed E-state index contributed by atoms with van der Waals surface area (Å²) in [4.78, 5) is 23.3. The van der Waals surface area contributed by atoms with Crippen LogP contribution in [0.4, 0.5) is 26.6 Å². The second-order valence-electron chi connectivity index (χ2n) is 9.29. The van der Waals surface area contributed by atoms with Gasteiger partial charge in [-0.25, -0.2) is 9.18 Å². The number of aryl methyl sites for hydroxylation is 1. The van der Waals surface area contributed by atoms with Gasteiger partial charge in [0.2, 0.25) is 5.95 Å². The molecule has 0 unspecified atom stereocenters. The monoisotopic (exact) mass is 475 g/mol. The van der Waals surface area contributed by atoms with Crippen LogP contribution in [0, 0.1) is 5.82 Å². The Balaban J connectivity index is 1.57. The number of anilines is 3. The molecule has 1 saturated carbocycles. The lowest BCUT2D eigenvalue weighted by Gasteiger charge is -2.24. The van der Waals surface area contributed by atoms with E-state index in [9.17, 15) is 9.18 Å². The molecule has 0 radical (unpaired) electrons. The lowest BCUT2D eigenvalue weighted by atomic mass is 10.2. The molecule has 1 aliphatic rings. The van der Waals surface area contributed by atoms with Crippen molar-refractivity contribution < 1.29 is 13.9 Å². The molecule has 1 amide bonds. The predicted octanol–water partition coefficient (Wildman–Crippen LogP) is 4.39. The summed E-state index contributed by atoms with van der Waals surface area (Å²) in [5.74, 6) is 0.485. The molecule has 1 fully saturated rings. The Morgan fingerprint density at radius 3 is 2.70 bits per heavy atom. The highest BCUT2D eigenvalue weighted by Gasteiger charge is 2.45. The maximum absolute atomic E-state index is 13.6. The van der Waals surface area contributed by atoms with E-state index in [0.29, 0.717) is 29.6 Å². The van der Waals surface area contributed by atoms with Crippen LogP contribution in [0.3, 0.4) is 0 Å². The van der Waals surface area contributed by atoms with E-state index >= 15 is 0 Å². The van der Waals surface area contributed by atoms with Crippen LogP contribution in [0.1, 0.15) is 33.6 Å². The molecule has 3 aromatic rings. The summed E-state index contributed by atoms with van der Waals surface area (Å²) in [6.07, 6.45) is 2.89. The first-order chi connectivity index (χ1) is 15.5. The second kappa shape index (κ2) is 8.33. The number of nitrogens with zero attached hydrogens (tertiary/aromatic N) is 5. The minimum absolute atomic E-state index is 0.0260. The molecule has 0 spiro atoms. The minimum Gasteiger partial charge on any atom is -0.444 e. The maximum Gasteiger partial charge on any atom is 0.408 e. The van der Waals surface area contributed by atoms with E-state index in [0.717, 1.165) is 18.2 Å². The summed E-state index contributed by atoms with van der Waals surface area (Å²) in [6, 6.07) is 4.48. The van der Waals surface area contributed by atoms with Gasteiger partial charge in [0.1, 0.15) is 17.2 Å². The third kappa shape index (κ3) is 5.11. The number of fused-ring (bicyclic) bond motifs is 1. The minimum atomic E-state index is -0.565. The summed E-state index contributed by atoms with van der Waals surface area (Å²) in [5.41, 5.74) is 0.335. The molecule has 1 aromatic carbocycles. The van der Waals surface area contributed by atoms with Gasteiger partial charge in [-0.2, -0.15) is 15.1 Å². The van der Waals surface area contributed by atoms with Crippen molar-refractivity contribution in [3.63, 3.8) is 0 Å². The molecule has 11 heteroatoms. The SMILES string of the molecule is CN(c1ccc(F)c(Cl)c1)c1nc(NCC2(NC(=O)OC(C)(C)C)CC2)nc2c1cnn2C. The van der Waals surface area contributed by atoms with Crippen molar-refractivity contribution in [1.82, 2.24) is 25.1 Å². The molecular weight excluding hydrogens is 449 g/mol. The predicted molar refractivity (Wildman–Crippen MR) is 126 cm³/mol. The average Bonchev–Trinajstić information content (AvgIpc) is 3.39. The fourth-order valence-corrected chi connectivity index (χ4v) is 3.60. The van der Waals surface area contributed by atoms with Gasteiger partial charge < -0.3 is 20.3 Å². The van der Waals surface area contributed by atoms with Gasteiger partial charge in [-0.1, -0.05) is 11.6 Å². The summed E-state index contributed by atoms with van der Waals surface area (Å²) < 4.78 is 20.7. The van der Waals surface area contributed by atoms with Crippen LogP contribution in [0.2, 0.25) is 5.02 Å². The van der Waals surface area contributed by atoms with Crippen molar-refractivity contribution in [2.75, 3.05) is 23.8 Å². The number of amides is 1. The fourth-order valence-electron chi connectivity index (χ4n) is 3.42. The van der Waals surface area contributed by atoms with Crippen LogP contribution in [-0.4, -0.2) is 50.6 Å². The van der Waals surface area contributed by atoms with Crippen LogP contribution in [0.25, 0.3) is 11.0 Å². The van der Waals surface area contributed by atoms with E-state index in [1.807, 2.05) is 27.8 Å². The third-order valence-electron chi connectivity index (χ3n) is 5.38. The Hall–Kier alpha value is -3.14. The first kappa shape index (κ1) is 23.0. The van der Waals surface area contributed by atoms with Gasteiger partial charge in [0.25, 0.3) is 0 Å². The van der Waals surface area contributed by atoms with Crippen LogP contribution in [0.15, 0.2) is 24.4 Å². The molecular formula is C22H27ClFN7O2. The molecule has 1 aliphatic carbocycles. The van der Waals surface area contributed by atoms with E-state index in [-0.39, 0.29) is 5.02 Å². The zero-order chi connectivity index (χ0) is 24.0. The Kier molecular flexibility index (Phi) is 5.81. The summed E-state index contributed by atoms with van der Waals surface area (Å²) >= 11 is 5.98. The van der Waals surface area contributed by atoms with Gasteiger partial charge in [-0.15, -0.1) is 0 Å². The Labute approximate surface area is 196 Å². The number of ether oxygens (including phenoxy) is 1. The molecule has 176 valence electrons. The third-order valence-corrected chi connectivity index (χ3v) is 5.67. The van der Waals surface area contributed by atoms with Crippen LogP contribution >= 0.6 is 11.6 Å². The Morgan fingerprint density at radius 2 is 2.06 bits per heavy atom.